The smallest absolute Gasteiger partial charge is 0.329 e. The minimum atomic E-state index is -4.77. The predicted octanol–water partition coefficient (Wildman–Crippen LogP) is 3.51. The number of hydrogen-bond donors (Lipinski definition) is 2. The first-order valence-electron chi connectivity index (χ1n) is 10.3. The molecule has 0 atom stereocenters. The number of aromatic nitrogens is 3. The Kier molecular flexibility index (Phi) is 5.88. The molecule has 0 saturated heterocycles. The highest BCUT2D eigenvalue weighted by Gasteiger charge is 2.34. The number of alkyl halides is 3. The summed E-state index contributed by atoms with van der Waals surface area (Å²) in [5, 5.41) is 4.56. The third kappa shape index (κ3) is 4.49. The van der Waals surface area contributed by atoms with Crippen LogP contribution < -0.4 is 16.0 Å². The fourth-order valence-corrected chi connectivity index (χ4v) is 5.94. The molecule has 192 valence electrons. The molecule has 2 N–H and O–H groups in total. The number of thiophene rings is 2. The van der Waals surface area contributed by atoms with Gasteiger partial charge in [-0.15, -0.1) is 22.7 Å². The minimum Gasteiger partial charge on any atom is -0.329 e. The second-order valence-electron chi connectivity index (χ2n) is 8.07. The van der Waals surface area contributed by atoms with Crippen LogP contribution in [0.4, 0.5) is 13.2 Å². The molecule has 0 unspecified atom stereocenters. The van der Waals surface area contributed by atoms with Gasteiger partial charge in [-0.05, 0) is 29.6 Å². The van der Waals surface area contributed by atoms with Gasteiger partial charge >= 0.3 is 11.9 Å². The molecule has 0 aliphatic heterocycles. The summed E-state index contributed by atoms with van der Waals surface area (Å²) < 4.78 is 68.6. The van der Waals surface area contributed by atoms with E-state index in [0.29, 0.717) is 9.44 Å². The fraction of sp³-hybridized carbons (Fsp3) is 0.136. The standard InChI is InChI=1S/C22H15F3N4O5S3/c1-37(33,34)27-19(30)18-17(29-20(31)14-9-35-10-15(14)26-21(29)32)13-7-11(22(23,24)25)4-5-16(13)28(18)8-12-3-2-6-36-12/h2-7,9-10H,8H2,1H3,(H,26,32)(H,27,30). The van der Waals surface area contributed by atoms with E-state index in [0.717, 1.165) is 35.8 Å². The average Bonchev–Trinajstić information content (AvgIpc) is 3.52. The van der Waals surface area contributed by atoms with E-state index in [1.165, 1.54) is 26.7 Å². The van der Waals surface area contributed by atoms with Gasteiger partial charge < -0.3 is 9.55 Å². The van der Waals surface area contributed by atoms with Crippen LogP contribution in [0.15, 0.2) is 56.1 Å². The molecule has 0 spiro atoms. The van der Waals surface area contributed by atoms with Gasteiger partial charge in [0.05, 0.1) is 40.5 Å². The highest BCUT2D eigenvalue weighted by atomic mass is 32.2. The molecule has 4 heterocycles. The van der Waals surface area contributed by atoms with Crippen molar-refractivity contribution < 1.29 is 26.4 Å². The van der Waals surface area contributed by atoms with Crippen molar-refractivity contribution in [3.8, 4) is 5.69 Å². The SMILES string of the molecule is CS(=O)(=O)NC(=O)c1c(-n2c(=O)[nH]c3cscc3c2=O)c2cc(C(F)(F)F)ccc2n1Cc1cccs1. The molecule has 0 saturated carbocycles. The number of fused-ring (bicyclic) bond motifs is 2. The summed E-state index contributed by atoms with van der Waals surface area (Å²) in [5.41, 5.74) is -3.57. The lowest BCUT2D eigenvalue weighted by Crippen LogP contribution is -2.37. The summed E-state index contributed by atoms with van der Waals surface area (Å²) in [6.45, 7) is -0.0423. The van der Waals surface area contributed by atoms with Crippen LogP contribution in [0.1, 0.15) is 20.9 Å². The Balaban J connectivity index is 1.96. The molecule has 0 radical (unpaired) electrons. The lowest BCUT2D eigenvalue weighted by molar-refractivity contribution is -0.137. The van der Waals surface area contributed by atoms with E-state index in [1.807, 2.05) is 4.72 Å². The number of nitrogens with one attached hydrogen (secondary N) is 2. The highest BCUT2D eigenvalue weighted by molar-refractivity contribution is 7.89. The number of carbonyl (C=O) groups excluding carboxylic acids is 1. The van der Waals surface area contributed by atoms with Crippen LogP contribution in [0.2, 0.25) is 0 Å². The summed E-state index contributed by atoms with van der Waals surface area (Å²) in [6, 6.07) is 6.11. The largest absolute Gasteiger partial charge is 0.416 e. The van der Waals surface area contributed by atoms with Crippen molar-refractivity contribution in [2.75, 3.05) is 6.26 Å². The third-order valence-electron chi connectivity index (χ3n) is 5.51. The van der Waals surface area contributed by atoms with Crippen LogP contribution >= 0.6 is 22.7 Å². The van der Waals surface area contributed by atoms with Gasteiger partial charge in [-0.2, -0.15) is 13.2 Å². The minimum absolute atomic E-state index is 0.0423. The van der Waals surface area contributed by atoms with Crippen LogP contribution in [-0.2, 0) is 22.7 Å². The Bertz CT molecular complexity index is 1910. The monoisotopic (exact) mass is 568 g/mol. The van der Waals surface area contributed by atoms with Crippen molar-refractivity contribution in [2.45, 2.75) is 12.7 Å². The lowest BCUT2D eigenvalue weighted by atomic mass is 10.1. The number of sulfonamides is 1. The maximum absolute atomic E-state index is 13.7. The van der Waals surface area contributed by atoms with Gasteiger partial charge in [-0.1, -0.05) is 6.07 Å². The van der Waals surface area contributed by atoms with E-state index in [9.17, 15) is 36.0 Å². The molecule has 0 aliphatic rings. The van der Waals surface area contributed by atoms with Gasteiger partial charge in [-0.25, -0.2) is 22.5 Å². The van der Waals surface area contributed by atoms with E-state index in [4.69, 9.17) is 0 Å². The van der Waals surface area contributed by atoms with Crippen LogP contribution in [0.5, 0.6) is 0 Å². The summed E-state index contributed by atoms with van der Waals surface area (Å²) in [6.07, 6.45) is -4.04. The van der Waals surface area contributed by atoms with E-state index >= 15 is 0 Å². The quantitative estimate of drug-likeness (QED) is 0.336. The number of benzene rings is 1. The summed E-state index contributed by atoms with van der Waals surface area (Å²) >= 11 is 2.42. The van der Waals surface area contributed by atoms with Gasteiger partial charge in [0.25, 0.3) is 11.5 Å². The zero-order valence-corrected chi connectivity index (χ0v) is 21.1. The van der Waals surface area contributed by atoms with Gasteiger partial charge in [0.15, 0.2) is 0 Å². The number of rotatable bonds is 5. The number of carbonyl (C=O) groups is 1. The van der Waals surface area contributed by atoms with Crippen LogP contribution in [0.3, 0.4) is 0 Å². The van der Waals surface area contributed by atoms with Crippen molar-refractivity contribution in [2.24, 2.45) is 0 Å². The number of hydrogen-bond acceptors (Lipinski definition) is 7. The van der Waals surface area contributed by atoms with E-state index in [2.05, 4.69) is 4.98 Å². The van der Waals surface area contributed by atoms with Crippen molar-refractivity contribution in [1.29, 1.82) is 0 Å². The normalized spacial score (nSPS) is 12.4. The molecular formula is C22H15F3N4O5S3. The second kappa shape index (κ2) is 8.71. The van der Waals surface area contributed by atoms with Crippen molar-refractivity contribution in [3.05, 3.63) is 83.4 Å². The van der Waals surface area contributed by atoms with Crippen LogP contribution in [-0.4, -0.2) is 34.7 Å². The van der Waals surface area contributed by atoms with Gasteiger partial charge in [0, 0.05) is 21.0 Å². The van der Waals surface area contributed by atoms with Crippen LogP contribution in [0.25, 0.3) is 27.5 Å². The van der Waals surface area contributed by atoms with E-state index in [-0.39, 0.29) is 28.4 Å². The lowest BCUT2D eigenvalue weighted by Gasteiger charge is -2.12. The molecule has 0 bridgehead atoms. The molecule has 15 heteroatoms. The molecule has 1 aromatic carbocycles. The highest BCUT2D eigenvalue weighted by Crippen LogP contribution is 2.36. The summed E-state index contributed by atoms with van der Waals surface area (Å²) in [7, 11) is -4.13. The van der Waals surface area contributed by atoms with Crippen LogP contribution in [0, 0.1) is 0 Å². The summed E-state index contributed by atoms with van der Waals surface area (Å²) in [5.74, 6) is -1.21. The Morgan fingerprint density at radius 3 is 2.54 bits per heavy atom. The van der Waals surface area contributed by atoms with Gasteiger partial charge in [-0.3, -0.25) is 9.59 Å². The second-order valence-corrected chi connectivity index (χ2v) is 11.6. The Morgan fingerprint density at radius 2 is 1.89 bits per heavy atom. The molecule has 5 aromatic rings. The zero-order chi connectivity index (χ0) is 26.7. The zero-order valence-electron chi connectivity index (χ0n) is 18.6. The average molecular weight is 569 g/mol. The molecule has 1 amide bonds. The van der Waals surface area contributed by atoms with Gasteiger partial charge in [0.2, 0.25) is 10.0 Å². The van der Waals surface area contributed by atoms with Crippen molar-refractivity contribution in [1.82, 2.24) is 18.8 Å². The van der Waals surface area contributed by atoms with Gasteiger partial charge in [0.1, 0.15) is 5.69 Å². The first-order valence-corrected chi connectivity index (χ1v) is 14.1. The Hall–Kier alpha value is -3.69. The number of amides is 1. The summed E-state index contributed by atoms with van der Waals surface area (Å²) in [4.78, 5) is 43.0. The fourth-order valence-electron chi connectivity index (χ4n) is 4.06. The topological polar surface area (TPSA) is 123 Å². The first kappa shape index (κ1) is 25.0. The van der Waals surface area contributed by atoms with Crippen molar-refractivity contribution >= 4 is 60.4 Å². The first-order chi connectivity index (χ1) is 17.3. The maximum Gasteiger partial charge on any atom is 0.416 e. The molecular weight excluding hydrogens is 553 g/mol. The number of aromatic amines is 1. The Labute approximate surface area is 213 Å². The molecule has 37 heavy (non-hydrogen) atoms. The molecule has 4 aromatic heterocycles. The molecule has 9 nitrogen and oxygen atoms in total. The van der Waals surface area contributed by atoms with E-state index < -0.39 is 50.3 Å². The molecule has 0 fully saturated rings. The number of nitrogens with zero attached hydrogens (tertiary/aromatic N) is 2. The van der Waals surface area contributed by atoms with Crippen molar-refractivity contribution in [3.63, 3.8) is 0 Å². The number of halogens is 3. The number of H-pyrrole nitrogens is 1. The van der Waals surface area contributed by atoms with E-state index in [1.54, 1.807) is 17.5 Å². The Morgan fingerprint density at radius 1 is 1.14 bits per heavy atom. The maximum atomic E-state index is 13.7. The third-order valence-corrected chi connectivity index (χ3v) is 7.68. The molecule has 0 aliphatic carbocycles. The predicted molar refractivity (Wildman–Crippen MR) is 134 cm³/mol. The molecule has 5 rings (SSSR count).